The SMILES string of the molecule is O=C(Oc1ccc2c(c1)O/C(=C\c1ccccc1F)C2=O)c1ccco1. The van der Waals surface area contributed by atoms with Crippen LogP contribution >= 0.6 is 0 Å². The summed E-state index contributed by atoms with van der Waals surface area (Å²) in [7, 11) is 0. The Hall–Kier alpha value is -3.67. The van der Waals surface area contributed by atoms with Gasteiger partial charge in [0.1, 0.15) is 17.3 Å². The van der Waals surface area contributed by atoms with E-state index in [1.165, 1.54) is 42.7 Å². The van der Waals surface area contributed by atoms with Crippen molar-refractivity contribution in [3.05, 3.63) is 89.3 Å². The van der Waals surface area contributed by atoms with Gasteiger partial charge in [-0.1, -0.05) is 18.2 Å². The molecule has 1 aliphatic heterocycles. The molecule has 0 fully saturated rings. The Morgan fingerprint density at radius 1 is 1.08 bits per heavy atom. The summed E-state index contributed by atoms with van der Waals surface area (Å²) in [6, 6.07) is 13.5. The lowest BCUT2D eigenvalue weighted by atomic mass is 10.1. The Balaban J connectivity index is 1.59. The largest absolute Gasteiger partial charge is 0.457 e. The van der Waals surface area contributed by atoms with Crippen LogP contribution in [-0.4, -0.2) is 11.8 Å². The summed E-state index contributed by atoms with van der Waals surface area (Å²) in [6.07, 6.45) is 2.70. The van der Waals surface area contributed by atoms with Gasteiger partial charge in [0.05, 0.1) is 11.8 Å². The maximum absolute atomic E-state index is 13.8. The second-order valence-electron chi connectivity index (χ2n) is 5.49. The van der Waals surface area contributed by atoms with Crippen LogP contribution in [0.2, 0.25) is 0 Å². The molecule has 2 aromatic carbocycles. The van der Waals surface area contributed by atoms with Gasteiger partial charge in [0.15, 0.2) is 5.76 Å². The quantitative estimate of drug-likeness (QED) is 0.401. The van der Waals surface area contributed by atoms with Crippen molar-refractivity contribution in [1.29, 1.82) is 0 Å². The highest BCUT2D eigenvalue weighted by molar-refractivity contribution is 6.14. The van der Waals surface area contributed by atoms with Gasteiger partial charge in [-0.2, -0.15) is 0 Å². The molecule has 0 saturated heterocycles. The van der Waals surface area contributed by atoms with Gasteiger partial charge in [-0.25, -0.2) is 9.18 Å². The molecule has 0 aliphatic carbocycles. The lowest BCUT2D eigenvalue weighted by molar-refractivity contribution is 0.0701. The van der Waals surface area contributed by atoms with Crippen LogP contribution in [0.15, 0.2) is 71.0 Å². The number of rotatable bonds is 3. The van der Waals surface area contributed by atoms with Gasteiger partial charge < -0.3 is 13.9 Å². The summed E-state index contributed by atoms with van der Waals surface area (Å²) in [6.45, 7) is 0. The van der Waals surface area contributed by atoms with Crippen molar-refractivity contribution in [3.8, 4) is 11.5 Å². The number of carbonyl (C=O) groups is 2. The number of Topliss-reactive ketones (excluding diaryl/α,β-unsaturated/α-hetero) is 1. The summed E-state index contributed by atoms with van der Waals surface area (Å²) in [5, 5.41) is 0. The van der Waals surface area contributed by atoms with Crippen LogP contribution in [-0.2, 0) is 0 Å². The van der Waals surface area contributed by atoms with E-state index in [9.17, 15) is 14.0 Å². The van der Waals surface area contributed by atoms with Crippen LogP contribution in [0.5, 0.6) is 11.5 Å². The molecule has 6 heteroatoms. The first-order valence-corrected chi connectivity index (χ1v) is 7.70. The number of allylic oxidation sites excluding steroid dienone is 1. The lowest BCUT2D eigenvalue weighted by Crippen LogP contribution is -2.07. The summed E-state index contributed by atoms with van der Waals surface area (Å²) in [5.41, 5.74) is 0.554. The molecule has 0 amide bonds. The number of fused-ring (bicyclic) bond motifs is 1. The van der Waals surface area contributed by atoms with E-state index in [4.69, 9.17) is 13.9 Å². The molecule has 26 heavy (non-hydrogen) atoms. The van der Waals surface area contributed by atoms with Crippen LogP contribution in [0.1, 0.15) is 26.5 Å². The Morgan fingerprint density at radius 2 is 1.92 bits per heavy atom. The third-order valence-corrected chi connectivity index (χ3v) is 3.77. The van der Waals surface area contributed by atoms with Crippen molar-refractivity contribution in [1.82, 2.24) is 0 Å². The molecule has 0 unspecified atom stereocenters. The predicted molar refractivity (Wildman–Crippen MR) is 89.4 cm³/mol. The number of ketones is 1. The summed E-state index contributed by atoms with van der Waals surface area (Å²) in [4.78, 5) is 24.3. The van der Waals surface area contributed by atoms with Crippen LogP contribution in [0, 0.1) is 5.82 Å². The first-order valence-electron chi connectivity index (χ1n) is 7.70. The van der Waals surface area contributed by atoms with Gasteiger partial charge in [-0.05, 0) is 36.4 Å². The molecular formula is C20H11FO5. The van der Waals surface area contributed by atoms with Crippen molar-refractivity contribution in [2.45, 2.75) is 0 Å². The van der Waals surface area contributed by atoms with Crippen molar-refractivity contribution in [3.63, 3.8) is 0 Å². The van der Waals surface area contributed by atoms with Crippen LogP contribution in [0.4, 0.5) is 4.39 Å². The van der Waals surface area contributed by atoms with E-state index in [0.29, 0.717) is 5.56 Å². The minimum atomic E-state index is -0.665. The Bertz CT molecular complexity index is 1030. The van der Waals surface area contributed by atoms with Gasteiger partial charge in [0.2, 0.25) is 11.5 Å². The van der Waals surface area contributed by atoms with E-state index in [-0.39, 0.29) is 34.4 Å². The monoisotopic (exact) mass is 350 g/mol. The highest BCUT2D eigenvalue weighted by Crippen LogP contribution is 2.35. The molecule has 0 saturated carbocycles. The second-order valence-corrected chi connectivity index (χ2v) is 5.49. The van der Waals surface area contributed by atoms with Crippen LogP contribution in [0.25, 0.3) is 6.08 Å². The summed E-state index contributed by atoms with van der Waals surface area (Å²) < 4.78 is 29.4. The fraction of sp³-hybridized carbons (Fsp3) is 0. The average Bonchev–Trinajstić information content (AvgIpc) is 3.26. The highest BCUT2D eigenvalue weighted by Gasteiger charge is 2.28. The number of carbonyl (C=O) groups excluding carboxylic acids is 2. The second kappa shape index (κ2) is 6.33. The number of esters is 1. The Morgan fingerprint density at radius 3 is 2.69 bits per heavy atom. The standard InChI is InChI=1S/C20H11FO5/c21-15-5-2-1-4-12(15)10-18-19(22)14-8-7-13(11-17(14)26-18)25-20(23)16-6-3-9-24-16/h1-11H/b18-10-. The van der Waals surface area contributed by atoms with E-state index in [0.717, 1.165) is 0 Å². The number of hydrogen-bond donors (Lipinski definition) is 0. The van der Waals surface area contributed by atoms with Crippen molar-refractivity contribution in [2.75, 3.05) is 0 Å². The smallest absolute Gasteiger partial charge is 0.379 e. The highest BCUT2D eigenvalue weighted by atomic mass is 19.1. The molecule has 128 valence electrons. The Labute approximate surface area is 147 Å². The zero-order valence-electron chi connectivity index (χ0n) is 13.3. The molecule has 1 aliphatic rings. The van der Waals surface area contributed by atoms with Gasteiger partial charge in [-0.3, -0.25) is 4.79 Å². The number of hydrogen-bond acceptors (Lipinski definition) is 5. The molecule has 5 nitrogen and oxygen atoms in total. The topological polar surface area (TPSA) is 65.7 Å². The van der Waals surface area contributed by atoms with Gasteiger partial charge in [0.25, 0.3) is 0 Å². The van der Waals surface area contributed by atoms with E-state index in [1.54, 1.807) is 24.3 Å². The first-order chi connectivity index (χ1) is 12.6. The van der Waals surface area contributed by atoms with E-state index in [2.05, 4.69) is 0 Å². The molecule has 0 spiro atoms. The predicted octanol–water partition coefficient (Wildman–Crippen LogP) is 4.25. The molecule has 0 atom stereocenters. The molecule has 0 radical (unpaired) electrons. The van der Waals surface area contributed by atoms with Crippen molar-refractivity contribution >= 4 is 17.8 Å². The lowest BCUT2D eigenvalue weighted by Gasteiger charge is -2.04. The minimum Gasteiger partial charge on any atom is -0.457 e. The third kappa shape index (κ3) is 2.88. The zero-order valence-corrected chi connectivity index (χ0v) is 13.3. The molecule has 4 rings (SSSR count). The first kappa shape index (κ1) is 15.8. The fourth-order valence-corrected chi connectivity index (χ4v) is 2.52. The molecule has 2 heterocycles. The van der Waals surface area contributed by atoms with E-state index >= 15 is 0 Å². The van der Waals surface area contributed by atoms with E-state index in [1.807, 2.05) is 0 Å². The normalized spacial score (nSPS) is 14.2. The summed E-state index contributed by atoms with van der Waals surface area (Å²) >= 11 is 0. The van der Waals surface area contributed by atoms with E-state index < -0.39 is 11.8 Å². The molecule has 3 aromatic rings. The van der Waals surface area contributed by atoms with Gasteiger partial charge in [0, 0.05) is 11.6 Å². The van der Waals surface area contributed by atoms with Gasteiger partial charge in [-0.15, -0.1) is 0 Å². The average molecular weight is 350 g/mol. The number of furan rings is 1. The molecule has 0 bridgehead atoms. The molecule has 1 aromatic heterocycles. The maximum Gasteiger partial charge on any atom is 0.379 e. The van der Waals surface area contributed by atoms with Crippen molar-refractivity contribution < 1.29 is 27.9 Å². The molecule has 0 N–H and O–H groups in total. The Kier molecular flexibility index (Phi) is 3.85. The summed E-state index contributed by atoms with van der Waals surface area (Å²) in [5.74, 6) is -0.997. The molecular weight excluding hydrogens is 339 g/mol. The zero-order chi connectivity index (χ0) is 18.1. The number of halogens is 1. The van der Waals surface area contributed by atoms with Crippen LogP contribution < -0.4 is 9.47 Å². The van der Waals surface area contributed by atoms with Gasteiger partial charge >= 0.3 is 5.97 Å². The minimum absolute atomic E-state index is 0.000360. The van der Waals surface area contributed by atoms with Crippen molar-refractivity contribution in [2.24, 2.45) is 0 Å². The number of benzene rings is 2. The fourth-order valence-electron chi connectivity index (χ4n) is 2.52. The number of ether oxygens (including phenoxy) is 2. The van der Waals surface area contributed by atoms with Crippen LogP contribution in [0.3, 0.4) is 0 Å². The third-order valence-electron chi connectivity index (χ3n) is 3.77. The maximum atomic E-state index is 13.8.